The maximum absolute atomic E-state index is 13.3. The molecule has 0 bridgehead atoms. The molecule has 1 aliphatic carbocycles. The van der Waals surface area contributed by atoms with E-state index in [4.69, 9.17) is 0 Å². The maximum atomic E-state index is 13.3. The fourth-order valence-electron chi connectivity index (χ4n) is 1.99. The summed E-state index contributed by atoms with van der Waals surface area (Å²) < 4.78 is 13.3. The predicted molar refractivity (Wildman–Crippen MR) is 76.1 cm³/mol. The minimum Gasteiger partial charge on any atom is -0.393 e. The van der Waals surface area contributed by atoms with E-state index in [2.05, 4.69) is 10.6 Å². The number of carbonyl (C=O) groups is 2. The van der Waals surface area contributed by atoms with Crippen LogP contribution >= 0.6 is 0 Å². The van der Waals surface area contributed by atoms with Crippen LogP contribution in [0.25, 0.3) is 0 Å². The summed E-state index contributed by atoms with van der Waals surface area (Å²) in [5.41, 5.74) is 0.697. The van der Waals surface area contributed by atoms with Gasteiger partial charge in [-0.3, -0.25) is 9.59 Å². The molecule has 0 aliphatic heterocycles. The maximum Gasteiger partial charge on any atom is 0.313 e. The van der Waals surface area contributed by atoms with E-state index in [9.17, 15) is 19.1 Å². The Morgan fingerprint density at radius 1 is 1.38 bits per heavy atom. The average molecular weight is 294 g/mol. The molecular weight excluding hydrogens is 275 g/mol. The van der Waals surface area contributed by atoms with Crippen LogP contribution in [-0.2, 0) is 9.59 Å². The molecule has 0 heterocycles. The monoisotopic (exact) mass is 294 g/mol. The van der Waals surface area contributed by atoms with Crippen molar-refractivity contribution in [3.8, 4) is 0 Å². The molecule has 0 saturated heterocycles. The van der Waals surface area contributed by atoms with Crippen LogP contribution in [0.4, 0.5) is 10.1 Å². The van der Waals surface area contributed by atoms with Crippen molar-refractivity contribution in [1.29, 1.82) is 0 Å². The first kappa shape index (κ1) is 15.4. The summed E-state index contributed by atoms with van der Waals surface area (Å²) in [5.74, 6) is -1.75. The zero-order chi connectivity index (χ0) is 15.4. The lowest BCUT2D eigenvalue weighted by Gasteiger charge is -2.10. The summed E-state index contributed by atoms with van der Waals surface area (Å²) in [7, 11) is 0. The van der Waals surface area contributed by atoms with Crippen LogP contribution in [0.3, 0.4) is 0 Å². The number of hydrogen-bond acceptors (Lipinski definition) is 3. The van der Waals surface area contributed by atoms with Crippen molar-refractivity contribution in [3.63, 3.8) is 0 Å². The Morgan fingerprint density at radius 3 is 2.71 bits per heavy atom. The molecule has 0 spiro atoms. The summed E-state index contributed by atoms with van der Waals surface area (Å²) >= 11 is 0. The fourth-order valence-corrected chi connectivity index (χ4v) is 1.99. The van der Waals surface area contributed by atoms with Crippen LogP contribution in [-0.4, -0.2) is 29.6 Å². The molecule has 2 amide bonds. The number of amides is 2. The molecule has 1 atom stereocenters. The van der Waals surface area contributed by atoms with E-state index in [0.29, 0.717) is 17.9 Å². The lowest BCUT2D eigenvalue weighted by atomic mass is 10.1. The van der Waals surface area contributed by atoms with Gasteiger partial charge in [-0.2, -0.15) is 0 Å². The van der Waals surface area contributed by atoms with Gasteiger partial charge in [-0.1, -0.05) is 6.07 Å². The molecule has 5 nitrogen and oxygen atoms in total. The Bertz CT molecular complexity index is 544. The molecule has 21 heavy (non-hydrogen) atoms. The average Bonchev–Trinajstić information content (AvgIpc) is 3.27. The van der Waals surface area contributed by atoms with Crippen molar-refractivity contribution in [1.82, 2.24) is 5.32 Å². The highest BCUT2D eigenvalue weighted by molar-refractivity contribution is 6.39. The highest BCUT2D eigenvalue weighted by Gasteiger charge is 2.29. The van der Waals surface area contributed by atoms with Crippen molar-refractivity contribution in [2.75, 3.05) is 11.9 Å². The van der Waals surface area contributed by atoms with E-state index >= 15 is 0 Å². The largest absolute Gasteiger partial charge is 0.393 e. The molecule has 6 heteroatoms. The quantitative estimate of drug-likeness (QED) is 0.717. The van der Waals surface area contributed by atoms with Gasteiger partial charge < -0.3 is 15.7 Å². The van der Waals surface area contributed by atoms with Gasteiger partial charge in [-0.05, 0) is 49.8 Å². The van der Waals surface area contributed by atoms with Crippen LogP contribution in [0.1, 0.15) is 24.8 Å². The second-order valence-corrected chi connectivity index (χ2v) is 5.37. The van der Waals surface area contributed by atoms with E-state index in [1.807, 2.05) is 0 Å². The van der Waals surface area contributed by atoms with Crippen LogP contribution in [0.15, 0.2) is 18.2 Å². The first-order valence-corrected chi connectivity index (χ1v) is 7.01. The van der Waals surface area contributed by atoms with Gasteiger partial charge in [0.05, 0.1) is 6.10 Å². The number of nitrogens with one attached hydrogen (secondary N) is 2. The van der Waals surface area contributed by atoms with Gasteiger partial charge >= 0.3 is 11.8 Å². The van der Waals surface area contributed by atoms with Gasteiger partial charge in [0.15, 0.2) is 0 Å². The van der Waals surface area contributed by atoms with Crippen LogP contribution in [0.2, 0.25) is 0 Å². The van der Waals surface area contributed by atoms with E-state index < -0.39 is 23.7 Å². The van der Waals surface area contributed by atoms with Crippen molar-refractivity contribution in [2.45, 2.75) is 32.3 Å². The Morgan fingerprint density at radius 2 is 2.10 bits per heavy atom. The lowest BCUT2D eigenvalue weighted by Crippen LogP contribution is -2.37. The summed E-state index contributed by atoms with van der Waals surface area (Å²) in [4.78, 5) is 23.2. The zero-order valence-electron chi connectivity index (χ0n) is 11.9. The molecule has 1 aliphatic rings. The molecule has 1 aromatic carbocycles. The van der Waals surface area contributed by atoms with Gasteiger partial charge in [0, 0.05) is 12.2 Å². The molecule has 0 radical (unpaired) electrons. The van der Waals surface area contributed by atoms with Crippen LogP contribution in [0.5, 0.6) is 0 Å². The van der Waals surface area contributed by atoms with Crippen molar-refractivity contribution >= 4 is 17.5 Å². The third kappa shape index (κ3) is 4.53. The SMILES string of the molecule is Cc1ccc(NC(=O)C(=O)NCC[C@H](O)C2CC2)cc1F. The molecule has 0 unspecified atom stereocenters. The van der Waals surface area contributed by atoms with Crippen molar-refractivity contribution in [2.24, 2.45) is 5.92 Å². The minimum absolute atomic E-state index is 0.233. The number of benzene rings is 1. The summed E-state index contributed by atoms with van der Waals surface area (Å²) in [6.07, 6.45) is 2.06. The van der Waals surface area contributed by atoms with Gasteiger partial charge in [0.1, 0.15) is 5.82 Å². The lowest BCUT2D eigenvalue weighted by molar-refractivity contribution is -0.136. The Hall–Kier alpha value is -1.95. The Balaban J connectivity index is 1.76. The summed E-state index contributed by atoms with van der Waals surface area (Å²) in [6.45, 7) is 1.85. The number of anilines is 1. The van der Waals surface area contributed by atoms with E-state index in [1.54, 1.807) is 6.92 Å². The minimum atomic E-state index is -0.848. The third-order valence-electron chi connectivity index (χ3n) is 3.53. The zero-order valence-corrected chi connectivity index (χ0v) is 11.9. The van der Waals surface area contributed by atoms with Gasteiger partial charge in [-0.25, -0.2) is 4.39 Å². The van der Waals surface area contributed by atoms with Gasteiger partial charge in [0.25, 0.3) is 0 Å². The van der Waals surface area contributed by atoms with E-state index in [1.165, 1.54) is 12.1 Å². The smallest absolute Gasteiger partial charge is 0.313 e. The second-order valence-electron chi connectivity index (χ2n) is 5.37. The molecule has 114 valence electrons. The van der Waals surface area contributed by atoms with Gasteiger partial charge in [0.2, 0.25) is 0 Å². The fraction of sp³-hybridized carbons (Fsp3) is 0.467. The standard InChI is InChI=1S/C15H19FN2O3/c1-9-2-5-11(8-12(9)16)18-15(21)14(20)17-7-6-13(19)10-3-4-10/h2,5,8,10,13,19H,3-4,6-7H2,1H3,(H,17,20)(H,18,21)/t13-/m0/s1. The molecule has 0 aromatic heterocycles. The Labute approximate surface area is 122 Å². The third-order valence-corrected chi connectivity index (χ3v) is 3.53. The van der Waals surface area contributed by atoms with Crippen LogP contribution in [0, 0.1) is 18.7 Å². The second kappa shape index (κ2) is 6.67. The first-order valence-electron chi connectivity index (χ1n) is 7.01. The normalized spacial score (nSPS) is 15.4. The number of aliphatic hydroxyl groups excluding tert-OH is 1. The van der Waals surface area contributed by atoms with E-state index in [-0.39, 0.29) is 12.2 Å². The predicted octanol–water partition coefficient (Wildman–Crippen LogP) is 1.35. The number of hydrogen-bond donors (Lipinski definition) is 3. The van der Waals surface area contributed by atoms with Crippen molar-refractivity contribution in [3.05, 3.63) is 29.6 Å². The summed E-state index contributed by atoms with van der Waals surface area (Å²) in [5, 5.41) is 14.4. The molecule has 1 fully saturated rings. The van der Waals surface area contributed by atoms with E-state index in [0.717, 1.165) is 18.9 Å². The van der Waals surface area contributed by atoms with Crippen LogP contribution < -0.4 is 10.6 Å². The molecular formula is C15H19FN2O3. The molecule has 3 N–H and O–H groups in total. The highest BCUT2D eigenvalue weighted by atomic mass is 19.1. The first-order chi connectivity index (χ1) is 9.97. The number of aryl methyl sites for hydroxylation is 1. The van der Waals surface area contributed by atoms with Crippen molar-refractivity contribution < 1.29 is 19.1 Å². The van der Waals surface area contributed by atoms with Gasteiger partial charge in [-0.15, -0.1) is 0 Å². The topological polar surface area (TPSA) is 78.4 Å². The molecule has 2 rings (SSSR count). The molecule has 1 saturated carbocycles. The highest BCUT2D eigenvalue weighted by Crippen LogP contribution is 2.33. The number of rotatable bonds is 5. The number of carbonyl (C=O) groups excluding carboxylic acids is 2. The number of halogens is 1. The molecule has 1 aromatic rings. The number of aliphatic hydroxyl groups is 1. The Kier molecular flexibility index (Phi) is 4.90. The summed E-state index contributed by atoms with van der Waals surface area (Å²) in [6, 6.07) is 4.21.